The van der Waals surface area contributed by atoms with Crippen molar-refractivity contribution < 1.29 is 8.42 Å². The molecule has 1 heterocycles. The highest BCUT2D eigenvalue weighted by Crippen LogP contribution is 2.38. The highest BCUT2D eigenvalue weighted by atomic mass is 35.5. The number of halogens is 2. The lowest BCUT2D eigenvalue weighted by Gasteiger charge is -2.26. The normalized spacial score (nSPS) is 18.0. The Hall–Kier alpha value is -0.720. The molecule has 116 valence electrons. The zero-order valence-corrected chi connectivity index (χ0v) is 14.6. The summed E-state index contributed by atoms with van der Waals surface area (Å²) in [5.41, 5.74) is 0.916. The monoisotopic (exact) mass is 373 g/mol. The molecule has 0 spiro atoms. The fraction of sp³-hybridized carbons (Fsp3) is 0.200. The van der Waals surface area contributed by atoms with E-state index in [-0.39, 0.29) is 16.0 Å². The van der Waals surface area contributed by atoms with E-state index in [0.717, 1.165) is 16.2 Å². The van der Waals surface area contributed by atoms with Crippen molar-refractivity contribution >= 4 is 45.0 Å². The summed E-state index contributed by atoms with van der Waals surface area (Å²) in [7, 11) is -3.68. The Morgan fingerprint density at radius 3 is 2.68 bits per heavy atom. The fourth-order valence-electron chi connectivity index (χ4n) is 2.40. The molecule has 0 radical (unpaired) electrons. The van der Waals surface area contributed by atoms with Gasteiger partial charge in [-0.1, -0.05) is 35.3 Å². The molecule has 3 nitrogen and oxygen atoms in total. The molecule has 0 saturated heterocycles. The number of benzene rings is 2. The molecule has 0 unspecified atom stereocenters. The van der Waals surface area contributed by atoms with Crippen LogP contribution in [0.5, 0.6) is 0 Å². The topological polar surface area (TPSA) is 46.2 Å². The third kappa shape index (κ3) is 3.29. The van der Waals surface area contributed by atoms with Gasteiger partial charge in [0.25, 0.3) is 0 Å². The molecule has 1 N–H and O–H groups in total. The Morgan fingerprint density at radius 1 is 1.14 bits per heavy atom. The third-order valence-corrected chi connectivity index (χ3v) is 6.76. The highest BCUT2D eigenvalue weighted by molar-refractivity contribution is 7.99. The van der Waals surface area contributed by atoms with Crippen molar-refractivity contribution in [2.24, 2.45) is 0 Å². The molecule has 2 aromatic carbocycles. The van der Waals surface area contributed by atoms with Crippen molar-refractivity contribution in [3.8, 4) is 0 Å². The molecule has 1 aliphatic heterocycles. The molecule has 0 amide bonds. The van der Waals surface area contributed by atoms with Crippen molar-refractivity contribution in [1.82, 2.24) is 4.72 Å². The summed E-state index contributed by atoms with van der Waals surface area (Å²) in [6.45, 7) is 0. The number of sulfonamides is 1. The third-order valence-electron chi connectivity index (χ3n) is 3.43. The second-order valence-electron chi connectivity index (χ2n) is 4.92. The lowest BCUT2D eigenvalue weighted by molar-refractivity contribution is 0.546. The van der Waals surface area contributed by atoms with E-state index in [1.807, 2.05) is 18.2 Å². The van der Waals surface area contributed by atoms with Gasteiger partial charge >= 0.3 is 0 Å². The van der Waals surface area contributed by atoms with Crippen LogP contribution in [0.15, 0.2) is 52.3 Å². The van der Waals surface area contributed by atoms with E-state index in [4.69, 9.17) is 23.2 Å². The maximum atomic E-state index is 12.6. The summed E-state index contributed by atoms with van der Waals surface area (Å²) in [6, 6.07) is 11.7. The summed E-state index contributed by atoms with van der Waals surface area (Å²) in [4.78, 5) is 1.15. The molecule has 0 saturated carbocycles. The standard InChI is InChI=1S/C15H13Cl2NO2S2/c16-10-5-6-14-11(9-10)13(7-8-21-14)18-22(19,20)15-4-2-1-3-12(15)17/h1-6,9,13,18H,7-8H2/t13-/m1/s1. The molecular formula is C15H13Cl2NO2S2. The maximum absolute atomic E-state index is 12.6. The summed E-state index contributed by atoms with van der Waals surface area (Å²) >= 11 is 13.8. The van der Waals surface area contributed by atoms with Gasteiger partial charge in [0.05, 0.1) is 5.02 Å². The molecule has 1 aliphatic rings. The lowest BCUT2D eigenvalue weighted by Crippen LogP contribution is -2.31. The maximum Gasteiger partial charge on any atom is 0.242 e. The Morgan fingerprint density at radius 2 is 1.91 bits per heavy atom. The molecule has 1 atom stereocenters. The van der Waals surface area contributed by atoms with Crippen LogP contribution in [0.25, 0.3) is 0 Å². The first-order chi connectivity index (χ1) is 10.5. The number of hydrogen-bond donors (Lipinski definition) is 1. The summed E-state index contributed by atoms with van der Waals surface area (Å²) in [5.74, 6) is 0.852. The van der Waals surface area contributed by atoms with Crippen LogP contribution in [0.2, 0.25) is 10.0 Å². The van der Waals surface area contributed by atoms with Crippen LogP contribution in [-0.4, -0.2) is 14.2 Å². The average molecular weight is 374 g/mol. The quantitative estimate of drug-likeness (QED) is 0.860. The predicted octanol–water partition coefficient (Wildman–Crippen LogP) is 4.51. The minimum absolute atomic E-state index is 0.0958. The van der Waals surface area contributed by atoms with E-state index >= 15 is 0 Å². The Labute approximate surface area is 144 Å². The van der Waals surface area contributed by atoms with Crippen LogP contribution >= 0.6 is 35.0 Å². The van der Waals surface area contributed by atoms with Gasteiger partial charge in [-0.2, -0.15) is 0 Å². The Balaban J connectivity index is 1.95. The van der Waals surface area contributed by atoms with Crippen molar-refractivity contribution in [2.75, 3.05) is 5.75 Å². The van der Waals surface area contributed by atoms with E-state index in [2.05, 4.69) is 4.72 Å². The van der Waals surface area contributed by atoms with Gasteiger partial charge in [0.15, 0.2) is 0 Å². The highest BCUT2D eigenvalue weighted by Gasteiger charge is 2.27. The van der Waals surface area contributed by atoms with E-state index < -0.39 is 10.0 Å². The fourth-order valence-corrected chi connectivity index (χ4v) is 5.46. The molecule has 22 heavy (non-hydrogen) atoms. The van der Waals surface area contributed by atoms with Crippen molar-refractivity contribution in [3.05, 3.63) is 58.1 Å². The van der Waals surface area contributed by atoms with Crippen LogP contribution in [-0.2, 0) is 10.0 Å². The van der Waals surface area contributed by atoms with E-state index in [1.165, 1.54) is 6.07 Å². The van der Waals surface area contributed by atoms with Crippen molar-refractivity contribution in [2.45, 2.75) is 22.3 Å². The first kappa shape index (κ1) is 16.1. The minimum atomic E-state index is -3.68. The van der Waals surface area contributed by atoms with Gasteiger partial charge in [0.2, 0.25) is 10.0 Å². The first-order valence-corrected chi connectivity index (χ1v) is 9.89. The van der Waals surface area contributed by atoms with Crippen molar-refractivity contribution in [3.63, 3.8) is 0 Å². The van der Waals surface area contributed by atoms with Gasteiger partial charge < -0.3 is 0 Å². The zero-order chi connectivity index (χ0) is 15.7. The Bertz CT molecular complexity index is 809. The molecule has 0 aromatic heterocycles. The minimum Gasteiger partial charge on any atom is -0.207 e. The molecule has 7 heteroatoms. The van der Waals surface area contributed by atoms with Gasteiger partial charge in [-0.25, -0.2) is 13.1 Å². The number of nitrogens with one attached hydrogen (secondary N) is 1. The molecule has 0 bridgehead atoms. The number of rotatable bonds is 3. The van der Waals surface area contributed by atoms with Gasteiger partial charge in [-0.15, -0.1) is 11.8 Å². The summed E-state index contributed by atoms with van der Waals surface area (Å²) < 4.78 is 27.9. The molecule has 3 rings (SSSR count). The van der Waals surface area contributed by atoms with Gasteiger partial charge in [-0.05, 0) is 48.1 Å². The molecule has 2 aromatic rings. The molecule has 0 fully saturated rings. The molecule has 0 aliphatic carbocycles. The van der Waals surface area contributed by atoms with Crippen LogP contribution in [0.1, 0.15) is 18.0 Å². The summed E-state index contributed by atoms with van der Waals surface area (Å²) in [6.07, 6.45) is 0.710. The smallest absolute Gasteiger partial charge is 0.207 e. The van der Waals surface area contributed by atoms with E-state index in [9.17, 15) is 8.42 Å². The van der Waals surface area contributed by atoms with Crippen molar-refractivity contribution in [1.29, 1.82) is 0 Å². The van der Waals surface area contributed by atoms with Gasteiger partial charge in [-0.3, -0.25) is 0 Å². The number of fused-ring (bicyclic) bond motifs is 1. The second kappa shape index (κ2) is 6.42. The van der Waals surface area contributed by atoms with Crippen LogP contribution in [0, 0.1) is 0 Å². The zero-order valence-electron chi connectivity index (χ0n) is 11.4. The van der Waals surface area contributed by atoms with Crippen LogP contribution in [0.4, 0.5) is 0 Å². The average Bonchev–Trinajstić information content (AvgIpc) is 2.48. The second-order valence-corrected chi connectivity index (χ2v) is 8.59. The summed E-state index contributed by atoms with van der Waals surface area (Å²) in [5, 5.41) is 0.815. The lowest BCUT2D eigenvalue weighted by atomic mass is 10.1. The Kier molecular flexibility index (Phi) is 4.71. The molecular weight excluding hydrogens is 361 g/mol. The first-order valence-electron chi connectivity index (χ1n) is 6.66. The van der Waals surface area contributed by atoms with Crippen LogP contribution < -0.4 is 4.72 Å². The van der Waals surface area contributed by atoms with Gasteiger partial charge in [0, 0.05) is 16.0 Å². The predicted molar refractivity (Wildman–Crippen MR) is 91.3 cm³/mol. The van der Waals surface area contributed by atoms with Crippen LogP contribution in [0.3, 0.4) is 0 Å². The SMILES string of the molecule is O=S(=O)(N[C@@H]1CCSc2ccc(Cl)cc21)c1ccccc1Cl. The number of thioether (sulfide) groups is 1. The largest absolute Gasteiger partial charge is 0.242 e. The van der Waals surface area contributed by atoms with E-state index in [0.29, 0.717) is 11.4 Å². The van der Waals surface area contributed by atoms with E-state index in [1.54, 1.807) is 30.0 Å². The number of hydrogen-bond acceptors (Lipinski definition) is 3. The van der Waals surface area contributed by atoms with Gasteiger partial charge in [0.1, 0.15) is 4.90 Å².